The third-order valence-corrected chi connectivity index (χ3v) is 3.01. The largest absolute Gasteiger partial charge is 0.264 e. The molecule has 2 rings (SSSR count). The van der Waals surface area contributed by atoms with Crippen molar-refractivity contribution in [1.82, 2.24) is 15.0 Å². The van der Waals surface area contributed by atoms with Gasteiger partial charge in [-0.25, -0.2) is 9.97 Å². The van der Waals surface area contributed by atoms with Crippen molar-refractivity contribution in [1.29, 1.82) is 0 Å². The first-order chi connectivity index (χ1) is 8.83. The monoisotopic (exact) mass is 261 g/mol. The minimum atomic E-state index is 0.475. The van der Waals surface area contributed by atoms with Crippen LogP contribution in [0.4, 0.5) is 0 Å². The SMILES string of the molecule is CCCc1nc(Cc2cccnc2)ncc1CCl. The van der Waals surface area contributed by atoms with E-state index >= 15 is 0 Å². The molecule has 0 unspecified atom stereocenters. The Morgan fingerprint density at radius 3 is 2.83 bits per heavy atom. The smallest absolute Gasteiger partial charge is 0.132 e. The Bertz CT molecular complexity index is 500. The highest BCUT2D eigenvalue weighted by Gasteiger charge is 2.06. The Morgan fingerprint density at radius 2 is 2.17 bits per heavy atom. The molecule has 94 valence electrons. The molecule has 4 heteroatoms. The fourth-order valence-corrected chi connectivity index (χ4v) is 2.04. The molecule has 0 aliphatic carbocycles. The van der Waals surface area contributed by atoms with Crippen molar-refractivity contribution in [2.75, 3.05) is 0 Å². The number of alkyl halides is 1. The molecule has 0 spiro atoms. The number of halogens is 1. The van der Waals surface area contributed by atoms with E-state index in [0.717, 1.165) is 35.5 Å². The maximum Gasteiger partial charge on any atom is 0.132 e. The standard InChI is InChI=1S/C14H16ClN3/c1-2-4-13-12(8-15)10-17-14(18-13)7-11-5-3-6-16-9-11/h3,5-6,9-10H,2,4,7-8H2,1H3. The van der Waals surface area contributed by atoms with Crippen LogP contribution in [0.25, 0.3) is 0 Å². The normalized spacial score (nSPS) is 10.6. The highest BCUT2D eigenvalue weighted by molar-refractivity contribution is 6.17. The van der Waals surface area contributed by atoms with Gasteiger partial charge in [-0.1, -0.05) is 19.4 Å². The minimum Gasteiger partial charge on any atom is -0.264 e. The van der Waals surface area contributed by atoms with E-state index < -0.39 is 0 Å². The number of hydrogen-bond donors (Lipinski definition) is 0. The molecule has 0 atom stereocenters. The van der Waals surface area contributed by atoms with Gasteiger partial charge in [-0.2, -0.15) is 0 Å². The zero-order chi connectivity index (χ0) is 12.8. The minimum absolute atomic E-state index is 0.475. The van der Waals surface area contributed by atoms with E-state index in [1.54, 1.807) is 6.20 Å². The topological polar surface area (TPSA) is 38.7 Å². The predicted molar refractivity (Wildman–Crippen MR) is 72.6 cm³/mol. The fraction of sp³-hybridized carbons (Fsp3) is 0.357. The Kier molecular flexibility index (Phi) is 4.65. The summed E-state index contributed by atoms with van der Waals surface area (Å²) in [7, 11) is 0. The third kappa shape index (κ3) is 3.26. The number of aromatic nitrogens is 3. The molecule has 0 aromatic carbocycles. The number of nitrogens with zero attached hydrogens (tertiary/aromatic N) is 3. The summed E-state index contributed by atoms with van der Waals surface area (Å²) in [6.07, 6.45) is 8.18. The predicted octanol–water partition coefficient (Wildman–Crippen LogP) is 3.15. The van der Waals surface area contributed by atoms with Gasteiger partial charge in [-0.05, 0) is 18.1 Å². The van der Waals surface area contributed by atoms with Gasteiger partial charge in [-0.15, -0.1) is 11.6 Å². The summed E-state index contributed by atoms with van der Waals surface area (Å²) in [6, 6.07) is 3.96. The molecule has 2 aromatic heterocycles. The van der Waals surface area contributed by atoms with Crippen molar-refractivity contribution in [2.45, 2.75) is 32.1 Å². The Balaban J connectivity index is 2.21. The first-order valence-corrected chi connectivity index (χ1v) is 6.65. The van der Waals surface area contributed by atoms with Crippen LogP contribution in [-0.2, 0) is 18.7 Å². The van der Waals surface area contributed by atoms with Gasteiger partial charge in [0.1, 0.15) is 5.82 Å². The van der Waals surface area contributed by atoms with Crippen molar-refractivity contribution in [3.63, 3.8) is 0 Å². The number of aryl methyl sites for hydroxylation is 1. The molecule has 0 aliphatic rings. The summed E-state index contributed by atoms with van der Waals surface area (Å²) in [4.78, 5) is 13.1. The summed E-state index contributed by atoms with van der Waals surface area (Å²) >= 11 is 5.89. The summed E-state index contributed by atoms with van der Waals surface area (Å²) < 4.78 is 0. The van der Waals surface area contributed by atoms with Crippen LogP contribution in [0.5, 0.6) is 0 Å². The molecule has 18 heavy (non-hydrogen) atoms. The zero-order valence-corrected chi connectivity index (χ0v) is 11.2. The quantitative estimate of drug-likeness (QED) is 0.776. The van der Waals surface area contributed by atoms with Gasteiger partial charge in [0.05, 0.1) is 5.88 Å². The second kappa shape index (κ2) is 6.45. The maximum atomic E-state index is 5.89. The second-order valence-corrected chi connectivity index (χ2v) is 4.45. The van der Waals surface area contributed by atoms with Crippen molar-refractivity contribution < 1.29 is 0 Å². The first kappa shape index (κ1) is 13.0. The Labute approximate surface area is 112 Å². The van der Waals surface area contributed by atoms with E-state index in [-0.39, 0.29) is 0 Å². The molecule has 0 radical (unpaired) electrons. The van der Waals surface area contributed by atoms with Gasteiger partial charge in [0, 0.05) is 36.3 Å². The molecule has 3 nitrogen and oxygen atoms in total. The molecule has 0 saturated heterocycles. The van der Waals surface area contributed by atoms with E-state index in [9.17, 15) is 0 Å². The average molecular weight is 262 g/mol. The van der Waals surface area contributed by atoms with Gasteiger partial charge in [-0.3, -0.25) is 4.98 Å². The molecule has 0 aliphatic heterocycles. The van der Waals surface area contributed by atoms with Gasteiger partial charge < -0.3 is 0 Å². The van der Waals surface area contributed by atoms with E-state index in [4.69, 9.17) is 11.6 Å². The van der Waals surface area contributed by atoms with Crippen LogP contribution in [0.1, 0.15) is 36.0 Å². The van der Waals surface area contributed by atoms with Crippen molar-refractivity contribution in [2.24, 2.45) is 0 Å². The average Bonchev–Trinajstić information content (AvgIpc) is 2.41. The van der Waals surface area contributed by atoms with Crippen molar-refractivity contribution in [3.8, 4) is 0 Å². The van der Waals surface area contributed by atoms with Crippen LogP contribution in [-0.4, -0.2) is 15.0 Å². The number of pyridine rings is 1. The summed E-state index contributed by atoms with van der Waals surface area (Å²) in [6.45, 7) is 2.14. The van der Waals surface area contributed by atoms with Crippen LogP contribution in [0.15, 0.2) is 30.7 Å². The molecule has 0 fully saturated rings. The highest BCUT2D eigenvalue weighted by atomic mass is 35.5. The lowest BCUT2D eigenvalue weighted by Crippen LogP contribution is -2.04. The van der Waals surface area contributed by atoms with Crippen LogP contribution in [0.3, 0.4) is 0 Å². The van der Waals surface area contributed by atoms with Gasteiger partial charge in [0.2, 0.25) is 0 Å². The fourth-order valence-electron chi connectivity index (χ4n) is 1.82. The van der Waals surface area contributed by atoms with Crippen LogP contribution < -0.4 is 0 Å². The molecule has 0 amide bonds. The van der Waals surface area contributed by atoms with Gasteiger partial charge in [0.15, 0.2) is 0 Å². The number of rotatable bonds is 5. The second-order valence-electron chi connectivity index (χ2n) is 4.18. The Hall–Kier alpha value is -1.48. The first-order valence-electron chi connectivity index (χ1n) is 6.12. The summed E-state index contributed by atoms with van der Waals surface area (Å²) in [5.74, 6) is 1.31. The molecule has 2 aromatic rings. The zero-order valence-electron chi connectivity index (χ0n) is 10.4. The maximum absolute atomic E-state index is 5.89. The molecular formula is C14H16ClN3. The van der Waals surface area contributed by atoms with E-state index in [0.29, 0.717) is 12.3 Å². The number of hydrogen-bond acceptors (Lipinski definition) is 3. The van der Waals surface area contributed by atoms with E-state index in [2.05, 4.69) is 21.9 Å². The van der Waals surface area contributed by atoms with Crippen molar-refractivity contribution in [3.05, 3.63) is 53.4 Å². The van der Waals surface area contributed by atoms with E-state index in [1.807, 2.05) is 24.5 Å². The van der Waals surface area contributed by atoms with E-state index in [1.165, 1.54) is 0 Å². The molecule has 2 heterocycles. The summed E-state index contributed by atoms with van der Waals surface area (Å²) in [5, 5.41) is 0. The molecular weight excluding hydrogens is 246 g/mol. The third-order valence-electron chi connectivity index (χ3n) is 2.72. The van der Waals surface area contributed by atoms with Crippen LogP contribution in [0.2, 0.25) is 0 Å². The van der Waals surface area contributed by atoms with Gasteiger partial charge in [0.25, 0.3) is 0 Å². The lowest BCUT2D eigenvalue weighted by atomic mass is 10.1. The highest BCUT2D eigenvalue weighted by Crippen LogP contribution is 2.12. The lowest BCUT2D eigenvalue weighted by Gasteiger charge is -2.07. The molecule has 0 N–H and O–H groups in total. The molecule has 0 saturated carbocycles. The van der Waals surface area contributed by atoms with Crippen LogP contribution in [0, 0.1) is 0 Å². The molecule has 0 bridgehead atoms. The summed E-state index contributed by atoms with van der Waals surface area (Å²) in [5.41, 5.74) is 3.23. The van der Waals surface area contributed by atoms with Gasteiger partial charge >= 0.3 is 0 Å². The lowest BCUT2D eigenvalue weighted by molar-refractivity contribution is 0.824. The van der Waals surface area contributed by atoms with Crippen molar-refractivity contribution >= 4 is 11.6 Å². The Morgan fingerprint density at radius 1 is 1.28 bits per heavy atom. The van der Waals surface area contributed by atoms with Crippen LogP contribution >= 0.6 is 11.6 Å².